The van der Waals surface area contributed by atoms with Crippen molar-refractivity contribution in [3.63, 3.8) is 0 Å². The summed E-state index contributed by atoms with van der Waals surface area (Å²) < 4.78 is 18.1. The summed E-state index contributed by atoms with van der Waals surface area (Å²) in [5, 5.41) is 0.396. The predicted molar refractivity (Wildman–Crippen MR) is 49.6 cm³/mol. The minimum absolute atomic E-state index is 0.0420. The molecule has 0 unspecified atom stereocenters. The number of H-pyrrole nitrogens is 1. The van der Waals surface area contributed by atoms with Crippen LogP contribution in [0, 0.1) is 5.82 Å². The van der Waals surface area contributed by atoms with E-state index in [1.807, 2.05) is 0 Å². The van der Waals surface area contributed by atoms with E-state index in [-0.39, 0.29) is 5.56 Å². The Morgan fingerprint density at radius 2 is 2.21 bits per heavy atom. The van der Waals surface area contributed by atoms with Crippen LogP contribution < -0.4 is 0 Å². The van der Waals surface area contributed by atoms with Crippen LogP contribution in [0.1, 0.15) is 10.4 Å². The number of esters is 1. The van der Waals surface area contributed by atoms with E-state index < -0.39 is 11.8 Å². The van der Waals surface area contributed by atoms with Gasteiger partial charge in [0.25, 0.3) is 0 Å². The number of nitrogens with one attached hydrogen (secondary N) is 1. The van der Waals surface area contributed by atoms with E-state index in [0.29, 0.717) is 10.9 Å². The minimum Gasteiger partial charge on any atom is -0.465 e. The third-order valence-electron chi connectivity index (χ3n) is 2.07. The Bertz CT molecular complexity index is 490. The molecule has 0 aliphatic heterocycles. The fourth-order valence-electron chi connectivity index (χ4n) is 1.36. The maximum Gasteiger partial charge on any atom is 0.340 e. The average molecular weight is 193 g/mol. The largest absolute Gasteiger partial charge is 0.465 e. The summed E-state index contributed by atoms with van der Waals surface area (Å²) in [6.07, 6.45) is 1.62. The third-order valence-corrected chi connectivity index (χ3v) is 2.07. The number of aromatic nitrogens is 1. The third kappa shape index (κ3) is 1.16. The summed E-state index contributed by atoms with van der Waals surface area (Å²) >= 11 is 0. The molecule has 0 aliphatic rings. The number of methoxy groups -OCH3 is 1. The number of hydrogen-bond donors (Lipinski definition) is 1. The highest BCUT2D eigenvalue weighted by Gasteiger charge is 2.14. The van der Waals surface area contributed by atoms with E-state index in [9.17, 15) is 9.18 Å². The van der Waals surface area contributed by atoms with E-state index in [1.54, 1.807) is 18.3 Å². The lowest BCUT2D eigenvalue weighted by molar-refractivity contribution is 0.0596. The summed E-state index contributed by atoms with van der Waals surface area (Å²) in [6.45, 7) is 0. The molecule has 0 bridgehead atoms. The molecule has 1 heterocycles. The van der Waals surface area contributed by atoms with Crippen molar-refractivity contribution in [3.8, 4) is 0 Å². The first-order valence-corrected chi connectivity index (χ1v) is 4.08. The van der Waals surface area contributed by atoms with Crippen molar-refractivity contribution in [2.45, 2.75) is 0 Å². The Morgan fingerprint density at radius 1 is 1.43 bits per heavy atom. The number of halogens is 1. The van der Waals surface area contributed by atoms with Gasteiger partial charge in [-0.1, -0.05) is 0 Å². The molecule has 0 spiro atoms. The molecule has 72 valence electrons. The monoisotopic (exact) mass is 193 g/mol. The van der Waals surface area contributed by atoms with Crippen LogP contribution in [0.4, 0.5) is 4.39 Å². The quantitative estimate of drug-likeness (QED) is 0.704. The van der Waals surface area contributed by atoms with Crippen molar-refractivity contribution in [2.24, 2.45) is 0 Å². The molecule has 0 atom stereocenters. The highest BCUT2D eigenvalue weighted by Crippen LogP contribution is 2.20. The van der Waals surface area contributed by atoms with Crippen LogP contribution in [-0.2, 0) is 4.74 Å². The summed E-state index contributed by atoms with van der Waals surface area (Å²) in [6, 6.07) is 4.63. The molecule has 2 aromatic rings. The second-order valence-corrected chi connectivity index (χ2v) is 2.86. The Morgan fingerprint density at radius 3 is 2.93 bits per heavy atom. The molecule has 2 rings (SSSR count). The highest BCUT2D eigenvalue weighted by molar-refractivity contribution is 5.95. The second kappa shape index (κ2) is 3.14. The van der Waals surface area contributed by atoms with Gasteiger partial charge in [0.1, 0.15) is 5.82 Å². The zero-order chi connectivity index (χ0) is 10.1. The Hall–Kier alpha value is -1.84. The first-order valence-electron chi connectivity index (χ1n) is 4.08. The van der Waals surface area contributed by atoms with Crippen molar-refractivity contribution in [1.82, 2.24) is 4.98 Å². The second-order valence-electron chi connectivity index (χ2n) is 2.86. The topological polar surface area (TPSA) is 42.1 Å². The lowest BCUT2D eigenvalue weighted by Gasteiger charge is -2.01. The van der Waals surface area contributed by atoms with E-state index in [1.165, 1.54) is 13.2 Å². The average Bonchev–Trinajstić information content (AvgIpc) is 2.66. The standard InChI is InChI=1S/C10H8FNO2/c1-14-10(13)7-2-3-8-6(9(7)11)4-5-12-8/h2-5,12H,1H3. The van der Waals surface area contributed by atoms with Crippen molar-refractivity contribution >= 4 is 16.9 Å². The van der Waals surface area contributed by atoms with Gasteiger partial charge in [-0.15, -0.1) is 0 Å². The summed E-state index contributed by atoms with van der Waals surface area (Å²) in [4.78, 5) is 14.0. The highest BCUT2D eigenvalue weighted by atomic mass is 19.1. The summed E-state index contributed by atoms with van der Waals surface area (Å²) in [5.74, 6) is -1.21. The lowest BCUT2D eigenvalue weighted by atomic mass is 10.1. The van der Waals surface area contributed by atoms with Gasteiger partial charge in [-0.25, -0.2) is 9.18 Å². The van der Waals surface area contributed by atoms with E-state index in [0.717, 1.165) is 0 Å². The predicted octanol–water partition coefficient (Wildman–Crippen LogP) is 2.09. The van der Waals surface area contributed by atoms with Gasteiger partial charge in [0.2, 0.25) is 0 Å². The minimum atomic E-state index is -0.661. The molecule has 0 aliphatic carbocycles. The van der Waals surface area contributed by atoms with Gasteiger partial charge < -0.3 is 9.72 Å². The van der Waals surface area contributed by atoms with Gasteiger partial charge >= 0.3 is 5.97 Å². The number of rotatable bonds is 1. The number of benzene rings is 1. The first kappa shape index (κ1) is 8.74. The molecular formula is C10H8FNO2. The SMILES string of the molecule is COC(=O)c1ccc2[nH]ccc2c1F. The number of ether oxygens (including phenoxy) is 1. The molecule has 4 heteroatoms. The zero-order valence-electron chi connectivity index (χ0n) is 7.50. The van der Waals surface area contributed by atoms with Crippen LogP contribution in [0.5, 0.6) is 0 Å². The molecule has 1 aromatic carbocycles. The molecule has 3 nitrogen and oxygen atoms in total. The van der Waals surface area contributed by atoms with Crippen LogP contribution >= 0.6 is 0 Å². The fraction of sp³-hybridized carbons (Fsp3) is 0.100. The molecule has 0 radical (unpaired) electrons. The molecule has 0 amide bonds. The molecule has 0 fully saturated rings. The molecular weight excluding hydrogens is 185 g/mol. The maximum absolute atomic E-state index is 13.6. The van der Waals surface area contributed by atoms with Crippen molar-refractivity contribution in [1.29, 1.82) is 0 Å². The number of fused-ring (bicyclic) bond motifs is 1. The Kier molecular flexibility index (Phi) is 1.96. The van der Waals surface area contributed by atoms with Crippen LogP contribution in [-0.4, -0.2) is 18.1 Å². The van der Waals surface area contributed by atoms with Crippen LogP contribution in [0.25, 0.3) is 10.9 Å². The van der Waals surface area contributed by atoms with Crippen LogP contribution in [0.15, 0.2) is 24.4 Å². The summed E-state index contributed by atoms with van der Waals surface area (Å²) in [7, 11) is 1.23. The van der Waals surface area contributed by atoms with Gasteiger partial charge in [0.05, 0.1) is 12.7 Å². The van der Waals surface area contributed by atoms with Gasteiger partial charge in [-0.05, 0) is 18.2 Å². The molecule has 1 aromatic heterocycles. The zero-order valence-corrected chi connectivity index (χ0v) is 7.50. The molecule has 0 saturated carbocycles. The molecule has 14 heavy (non-hydrogen) atoms. The van der Waals surface area contributed by atoms with Crippen molar-refractivity contribution in [3.05, 3.63) is 35.8 Å². The molecule has 0 saturated heterocycles. The number of hydrogen-bond acceptors (Lipinski definition) is 2. The number of aromatic amines is 1. The fourth-order valence-corrected chi connectivity index (χ4v) is 1.36. The smallest absolute Gasteiger partial charge is 0.340 e. The van der Waals surface area contributed by atoms with Gasteiger partial charge in [-0.2, -0.15) is 0 Å². The van der Waals surface area contributed by atoms with Crippen molar-refractivity contribution < 1.29 is 13.9 Å². The van der Waals surface area contributed by atoms with E-state index in [2.05, 4.69) is 9.72 Å². The van der Waals surface area contributed by atoms with Gasteiger partial charge in [0.15, 0.2) is 0 Å². The first-order chi connectivity index (χ1) is 6.74. The van der Waals surface area contributed by atoms with Gasteiger partial charge in [0, 0.05) is 17.1 Å². The maximum atomic E-state index is 13.6. The van der Waals surface area contributed by atoms with Crippen molar-refractivity contribution in [2.75, 3.05) is 7.11 Å². The van der Waals surface area contributed by atoms with Crippen LogP contribution in [0.3, 0.4) is 0 Å². The lowest BCUT2D eigenvalue weighted by Crippen LogP contribution is -2.04. The normalized spacial score (nSPS) is 10.4. The van der Waals surface area contributed by atoms with Crippen LogP contribution in [0.2, 0.25) is 0 Å². The van der Waals surface area contributed by atoms with E-state index in [4.69, 9.17) is 0 Å². The Labute approximate surface area is 79.5 Å². The number of carbonyl (C=O) groups is 1. The molecule has 1 N–H and O–H groups in total. The van der Waals surface area contributed by atoms with Gasteiger partial charge in [-0.3, -0.25) is 0 Å². The summed E-state index contributed by atoms with van der Waals surface area (Å²) in [5.41, 5.74) is 0.620. The Balaban J connectivity index is 2.67. The number of carbonyl (C=O) groups excluding carboxylic acids is 1. The van der Waals surface area contributed by atoms with E-state index >= 15 is 0 Å².